The molecule has 0 bridgehead atoms. The van der Waals surface area contributed by atoms with E-state index in [1.165, 1.54) is 0 Å². The third-order valence-corrected chi connectivity index (χ3v) is 3.82. The van der Waals surface area contributed by atoms with Gasteiger partial charge in [0.1, 0.15) is 0 Å². The molecule has 0 fully saturated rings. The van der Waals surface area contributed by atoms with Crippen LogP contribution in [0.1, 0.15) is 17.2 Å². The van der Waals surface area contributed by atoms with Crippen LogP contribution in [0.5, 0.6) is 11.5 Å². The highest BCUT2D eigenvalue weighted by molar-refractivity contribution is 6.33. The molecule has 0 saturated heterocycles. The highest BCUT2D eigenvalue weighted by Crippen LogP contribution is 2.36. The van der Waals surface area contributed by atoms with Crippen LogP contribution in [0, 0.1) is 0 Å². The minimum atomic E-state index is -0.772. The molecule has 1 atom stereocenters. The first-order chi connectivity index (χ1) is 10.1. The van der Waals surface area contributed by atoms with Gasteiger partial charge in [0.15, 0.2) is 11.5 Å². The second-order valence-corrected chi connectivity index (χ2v) is 5.38. The van der Waals surface area contributed by atoms with E-state index in [1.807, 2.05) is 0 Å². The molecule has 2 aromatic rings. The van der Waals surface area contributed by atoms with Crippen molar-refractivity contribution in [3.05, 3.63) is 57.6 Å². The number of hydrogen-bond acceptors (Lipinski definition) is 3. The van der Waals surface area contributed by atoms with Gasteiger partial charge in [-0.25, -0.2) is 0 Å². The maximum absolute atomic E-state index is 10.5. The molecule has 0 aliphatic rings. The van der Waals surface area contributed by atoms with Gasteiger partial charge in [0.05, 0.1) is 20.3 Å². The van der Waals surface area contributed by atoms with Gasteiger partial charge >= 0.3 is 0 Å². The van der Waals surface area contributed by atoms with Crippen LogP contribution in [0.2, 0.25) is 10.0 Å². The number of rotatable bonds is 5. The fraction of sp³-hybridized carbons (Fsp3) is 0.250. The van der Waals surface area contributed by atoms with E-state index in [0.29, 0.717) is 33.5 Å². The highest BCUT2D eigenvalue weighted by atomic mass is 35.5. The summed E-state index contributed by atoms with van der Waals surface area (Å²) in [7, 11) is 3.10. The number of hydrogen-bond donors (Lipinski definition) is 1. The number of aliphatic hydroxyl groups excluding tert-OH is 1. The van der Waals surface area contributed by atoms with Crippen LogP contribution in [-0.4, -0.2) is 19.3 Å². The first-order valence-electron chi connectivity index (χ1n) is 6.39. The second kappa shape index (κ2) is 7.03. The number of halogens is 2. The predicted octanol–water partition coefficient (Wildman–Crippen LogP) is 4.29. The number of benzene rings is 2. The molecule has 2 rings (SSSR count). The molecule has 1 unspecified atom stereocenters. The summed E-state index contributed by atoms with van der Waals surface area (Å²) in [6.45, 7) is 0. The first kappa shape index (κ1) is 16.0. The van der Waals surface area contributed by atoms with E-state index >= 15 is 0 Å². The minimum absolute atomic E-state index is 0.336. The minimum Gasteiger partial charge on any atom is -0.493 e. The lowest BCUT2D eigenvalue weighted by Gasteiger charge is -2.17. The van der Waals surface area contributed by atoms with Crippen molar-refractivity contribution in [2.45, 2.75) is 12.5 Å². The highest BCUT2D eigenvalue weighted by Gasteiger charge is 2.18. The van der Waals surface area contributed by atoms with Crippen LogP contribution in [-0.2, 0) is 6.42 Å². The summed E-state index contributed by atoms with van der Waals surface area (Å²) in [4.78, 5) is 0. The zero-order chi connectivity index (χ0) is 15.4. The maximum atomic E-state index is 10.5. The monoisotopic (exact) mass is 326 g/mol. The molecule has 5 heteroatoms. The zero-order valence-corrected chi connectivity index (χ0v) is 13.3. The lowest BCUT2D eigenvalue weighted by Crippen LogP contribution is -2.05. The molecular weight excluding hydrogens is 311 g/mol. The summed E-state index contributed by atoms with van der Waals surface area (Å²) < 4.78 is 10.6. The molecule has 0 aliphatic heterocycles. The van der Waals surface area contributed by atoms with Gasteiger partial charge in [-0.2, -0.15) is 0 Å². The van der Waals surface area contributed by atoms with Crippen LogP contribution in [0.15, 0.2) is 36.4 Å². The summed E-state index contributed by atoms with van der Waals surface area (Å²) in [5, 5.41) is 11.6. The Kier molecular flexibility index (Phi) is 5.34. The van der Waals surface area contributed by atoms with Gasteiger partial charge in [-0.1, -0.05) is 35.3 Å². The van der Waals surface area contributed by atoms with E-state index in [0.717, 1.165) is 5.56 Å². The Hall–Kier alpha value is -1.42. The van der Waals surface area contributed by atoms with Crippen LogP contribution in [0.25, 0.3) is 0 Å². The van der Waals surface area contributed by atoms with Gasteiger partial charge in [-0.3, -0.25) is 0 Å². The number of para-hydroxylation sites is 1. The van der Waals surface area contributed by atoms with Crippen molar-refractivity contribution in [2.24, 2.45) is 0 Å². The van der Waals surface area contributed by atoms with E-state index in [2.05, 4.69) is 0 Å². The van der Waals surface area contributed by atoms with Crippen LogP contribution in [0.3, 0.4) is 0 Å². The third-order valence-electron chi connectivity index (χ3n) is 3.21. The van der Waals surface area contributed by atoms with E-state index in [4.69, 9.17) is 32.7 Å². The van der Waals surface area contributed by atoms with Crippen LogP contribution >= 0.6 is 23.2 Å². The molecule has 21 heavy (non-hydrogen) atoms. The van der Waals surface area contributed by atoms with Crippen molar-refractivity contribution in [2.75, 3.05) is 14.2 Å². The summed E-state index contributed by atoms with van der Waals surface area (Å²) in [5.74, 6) is 1.09. The van der Waals surface area contributed by atoms with Gasteiger partial charge in [0.25, 0.3) is 0 Å². The van der Waals surface area contributed by atoms with Crippen molar-refractivity contribution >= 4 is 23.2 Å². The summed E-state index contributed by atoms with van der Waals surface area (Å²) in [6.07, 6.45) is -0.436. The zero-order valence-electron chi connectivity index (χ0n) is 11.8. The van der Waals surface area contributed by atoms with Gasteiger partial charge in [0.2, 0.25) is 0 Å². The molecular formula is C16H16Cl2O3. The number of ether oxygens (including phenoxy) is 2. The quantitative estimate of drug-likeness (QED) is 0.890. The standard InChI is InChI=1S/C16H16Cl2O3/c1-20-15-5-3-4-12(16(15)21-2)14(19)9-10-8-11(17)6-7-13(10)18/h3-8,14,19H,9H2,1-2H3. The second-order valence-electron chi connectivity index (χ2n) is 4.54. The Morgan fingerprint density at radius 3 is 2.52 bits per heavy atom. The van der Waals surface area contributed by atoms with E-state index in [9.17, 15) is 5.11 Å². The van der Waals surface area contributed by atoms with Crippen molar-refractivity contribution < 1.29 is 14.6 Å². The Bertz CT molecular complexity index is 629. The van der Waals surface area contributed by atoms with Gasteiger partial charge in [0, 0.05) is 22.0 Å². The summed E-state index contributed by atoms with van der Waals surface area (Å²) >= 11 is 12.1. The summed E-state index contributed by atoms with van der Waals surface area (Å²) in [5.41, 5.74) is 1.43. The Labute approximate surface area is 134 Å². The molecule has 0 aliphatic carbocycles. The normalized spacial score (nSPS) is 12.0. The fourth-order valence-electron chi connectivity index (χ4n) is 2.19. The molecule has 0 aromatic heterocycles. The average molecular weight is 327 g/mol. The van der Waals surface area contributed by atoms with Gasteiger partial charge in [-0.05, 0) is 29.8 Å². The maximum Gasteiger partial charge on any atom is 0.166 e. The van der Waals surface area contributed by atoms with Gasteiger partial charge in [-0.15, -0.1) is 0 Å². The third kappa shape index (κ3) is 3.62. The average Bonchev–Trinajstić information content (AvgIpc) is 2.49. The molecule has 2 aromatic carbocycles. The molecule has 112 valence electrons. The first-order valence-corrected chi connectivity index (χ1v) is 7.15. The van der Waals surface area contributed by atoms with Crippen molar-refractivity contribution in [1.29, 1.82) is 0 Å². The molecule has 0 radical (unpaired) electrons. The van der Waals surface area contributed by atoms with Crippen LogP contribution < -0.4 is 9.47 Å². The Balaban J connectivity index is 2.32. The van der Waals surface area contributed by atoms with Crippen molar-refractivity contribution in [3.8, 4) is 11.5 Å². The smallest absolute Gasteiger partial charge is 0.166 e. The topological polar surface area (TPSA) is 38.7 Å². The largest absolute Gasteiger partial charge is 0.493 e. The van der Waals surface area contributed by atoms with Crippen molar-refractivity contribution in [1.82, 2.24) is 0 Å². The molecule has 0 amide bonds. The molecule has 0 saturated carbocycles. The van der Waals surface area contributed by atoms with E-state index in [-0.39, 0.29) is 0 Å². The number of aliphatic hydroxyl groups is 1. The Morgan fingerprint density at radius 2 is 1.86 bits per heavy atom. The molecule has 1 N–H and O–H groups in total. The van der Waals surface area contributed by atoms with Crippen LogP contribution in [0.4, 0.5) is 0 Å². The lowest BCUT2D eigenvalue weighted by molar-refractivity contribution is 0.173. The van der Waals surface area contributed by atoms with Gasteiger partial charge < -0.3 is 14.6 Å². The summed E-state index contributed by atoms with van der Waals surface area (Å²) in [6, 6.07) is 10.6. The molecule has 0 heterocycles. The lowest BCUT2D eigenvalue weighted by atomic mass is 10.00. The fourth-order valence-corrected chi connectivity index (χ4v) is 2.58. The predicted molar refractivity (Wildman–Crippen MR) is 84.7 cm³/mol. The Morgan fingerprint density at radius 1 is 1.10 bits per heavy atom. The molecule has 0 spiro atoms. The van der Waals surface area contributed by atoms with Crippen molar-refractivity contribution in [3.63, 3.8) is 0 Å². The SMILES string of the molecule is COc1cccc(C(O)Cc2cc(Cl)ccc2Cl)c1OC. The molecule has 3 nitrogen and oxygen atoms in total. The van der Waals surface area contributed by atoms with E-state index < -0.39 is 6.10 Å². The number of methoxy groups -OCH3 is 2. The van der Waals surface area contributed by atoms with E-state index in [1.54, 1.807) is 50.6 Å².